The molecule has 6 heteroatoms. The summed E-state index contributed by atoms with van der Waals surface area (Å²) in [5.74, 6) is 1.14. The first-order chi connectivity index (χ1) is 13.0. The van der Waals surface area contributed by atoms with E-state index in [-0.39, 0.29) is 5.78 Å². The molecule has 0 atom stereocenters. The molecule has 3 aromatic rings. The zero-order valence-electron chi connectivity index (χ0n) is 16.1. The van der Waals surface area contributed by atoms with Gasteiger partial charge in [-0.3, -0.25) is 4.79 Å². The lowest BCUT2D eigenvalue weighted by Crippen LogP contribution is -2.04. The van der Waals surface area contributed by atoms with Crippen LogP contribution < -0.4 is 14.2 Å². The number of aryl methyl sites for hydroxylation is 2. The van der Waals surface area contributed by atoms with E-state index in [0.717, 1.165) is 16.8 Å². The van der Waals surface area contributed by atoms with Crippen molar-refractivity contribution in [3.8, 4) is 22.9 Å². The van der Waals surface area contributed by atoms with Crippen LogP contribution in [0.25, 0.3) is 5.69 Å². The smallest absolute Gasteiger partial charge is 0.203 e. The van der Waals surface area contributed by atoms with Gasteiger partial charge in [0.2, 0.25) is 5.75 Å². The van der Waals surface area contributed by atoms with Gasteiger partial charge in [-0.15, -0.1) is 0 Å². The summed E-state index contributed by atoms with van der Waals surface area (Å²) in [6.45, 7) is 4.03. The Balaban J connectivity index is 2.00. The number of ketones is 1. The van der Waals surface area contributed by atoms with Crippen molar-refractivity contribution in [2.24, 2.45) is 0 Å². The van der Waals surface area contributed by atoms with Gasteiger partial charge in [-0.05, 0) is 43.2 Å². The number of ether oxygens (including phenoxy) is 3. The van der Waals surface area contributed by atoms with Gasteiger partial charge in [0.1, 0.15) is 0 Å². The highest BCUT2D eigenvalue weighted by atomic mass is 16.5. The summed E-state index contributed by atoms with van der Waals surface area (Å²) in [6.07, 6.45) is 3.29. The zero-order chi connectivity index (χ0) is 19.6. The van der Waals surface area contributed by atoms with Gasteiger partial charge >= 0.3 is 0 Å². The van der Waals surface area contributed by atoms with Crippen LogP contribution in [0.5, 0.6) is 17.2 Å². The minimum absolute atomic E-state index is 0.175. The highest BCUT2D eigenvalue weighted by Crippen LogP contribution is 2.38. The zero-order valence-corrected chi connectivity index (χ0v) is 16.1. The van der Waals surface area contributed by atoms with E-state index in [1.807, 2.05) is 32.0 Å². The predicted molar refractivity (Wildman–Crippen MR) is 103 cm³/mol. The maximum absolute atomic E-state index is 13.0. The number of nitrogens with zero attached hydrogens (tertiary/aromatic N) is 2. The third kappa shape index (κ3) is 3.51. The van der Waals surface area contributed by atoms with E-state index >= 15 is 0 Å². The predicted octanol–water partition coefficient (Wildman–Crippen LogP) is 3.75. The molecule has 0 saturated heterocycles. The second-order valence-corrected chi connectivity index (χ2v) is 6.21. The summed E-state index contributed by atoms with van der Waals surface area (Å²) in [4.78, 5) is 13.0. The van der Waals surface area contributed by atoms with E-state index in [9.17, 15) is 4.79 Å². The number of methoxy groups -OCH3 is 3. The van der Waals surface area contributed by atoms with Crippen molar-refractivity contribution >= 4 is 5.78 Å². The maximum atomic E-state index is 13.0. The molecule has 1 aromatic heterocycles. The molecule has 0 fully saturated rings. The van der Waals surface area contributed by atoms with E-state index in [0.29, 0.717) is 28.4 Å². The lowest BCUT2D eigenvalue weighted by Gasteiger charge is -2.13. The van der Waals surface area contributed by atoms with Crippen LogP contribution in [0.3, 0.4) is 0 Å². The first kappa shape index (κ1) is 18.5. The minimum Gasteiger partial charge on any atom is -0.493 e. The monoisotopic (exact) mass is 366 g/mol. The fourth-order valence-corrected chi connectivity index (χ4v) is 2.92. The van der Waals surface area contributed by atoms with Crippen LogP contribution in [0.4, 0.5) is 0 Å². The van der Waals surface area contributed by atoms with Crippen molar-refractivity contribution < 1.29 is 19.0 Å². The largest absolute Gasteiger partial charge is 0.493 e. The SMILES string of the molecule is COc1cc(C(=O)c2cnn(-c3cc(C)ccc3C)c2)cc(OC)c1OC. The molecule has 0 unspecified atom stereocenters. The number of hydrogen-bond acceptors (Lipinski definition) is 5. The maximum Gasteiger partial charge on any atom is 0.203 e. The van der Waals surface area contributed by atoms with Crippen LogP contribution in [0.1, 0.15) is 27.0 Å². The lowest BCUT2D eigenvalue weighted by atomic mass is 10.0. The van der Waals surface area contributed by atoms with Crippen molar-refractivity contribution in [2.75, 3.05) is 21.3 Å². The Hall–Kier alpha value is -3.28. The van der Waals surface area contributed by atoms with Gasteiger partial charge in [0.15, 0.2) is 17.3 Å². The Morgan fingerprint density at radius 1 is 0.926 bits per heavy atom. The van der Waals surface area contributed by atoms with Crippen LogP contribution in [0, 0.1) is 13.8 Å². The molecule has 2 aromatic carbocycles. The topological polar surface area (TPSA) is 62.6 Å². The Bertz CT molecular complexity index is 967. The van der Waals surface area contributed by atoms with Gasteiger partial charge in [-0.1, -0.05) is 12.1 Å². The van der Waals surface area contributed by atoms with Gasteiger partial charge in [-0.25, -0.2) is 4.68 Å². The summed E-state index contributed by atoms with van der Waals surface area (Å²) in [5.41, 5.74) is 4.06. The van der Waals surface area contributed by atoms with Crippen molar-refractivity contribution in [3.05, 3.63) is 65.0 Å². The highest BCUT2D eigenvalue weighted by Gasteiger charge is 2.19. The molecule has 0 aliphatic rings. The summed E-state index contributed by atoms with van der Waals surface area (Å²) < 4.78 is 17.7. The van der Waals surface area contributed by atoms with Crippen LogP contribution in [0.2, 0.25) is 0 Å². The first-order valence-electron chi connectivity index (χ1n) is 8.45. The summed E-state index contributed by atoms with van der Waals surface area (Å²) in [7, 11) is 4.56. The molecule has 0 saturated carbocycles. The average molecular weight is 366 g/mol. The van der Waals surface area contributed by atoms with Crippen LogP contribution in [0.15, 0.2) is 42.7 Å². The van der Waals surface area contributed by atoms with E-state index < -0.39 is 0 Å². The van der Waals surface area contributed by atoms with Crippen molar-refractivity contribution in [3.63, 3.8) is 0 Å². The Kier molecular flexibility index (Phi) is 5.16. The highest BCUT2D eigenvalue weighted by molar-refractivity contribution is 6.09. The number of carbonyl (C=O) groups is 1. The third-order valence-corrected chi connectivity index (χ3v) is 4.38. The fraction of sp³-hybridized carbons (Fsp3) is 0.238. The van der Waals surface area contributed by atoms with Gasteiger partial charge in [0.05, 0.1) is 38.8 Å². The molecule has 0 spiro atoms. The average Bonchev–Trinajstić information content (AvgIpc) is 3.17. The number of hydrogen-bond donors (Lipinski definition) is 0. The minimum atomic E-state index is -0.175. The molecule has 140 valence electrons. The number of carbonyl (C=O) groups excluding carboxylic acids is 1. The Labute approximate surface area is 158 Å². The first-order valence-corrected chi connectivity index (χ1v) is 8.45. The molecule has 0 amide bonds. The van der Waals surface area contributed by atoms with Gasteiger partial charge in [0, 0.05) is 11.8 Å². The second kappa shape index (κ2) is 7.53. The quantitative estimate of drug-likeness (QED) is 0.622. The normalized spacial score (nSPS) is 10.6. The molecular formula is C21H22N2O4. The Morgan fingerprint density at radius 3 is 2.19 bits per heavy atom. The molecule has 0 aliphatic heterocycles. The van der Waals surface area contributed by atoms with E-state index in [1.54, 1.807) is 29.2 Å². The number of benzene rings is 2. The molecule has 0 bridgehead atoms. The van der Waals surface area contributed by atoms with Crippen LogP contribution in [-0.2, 0) is 0 Å². The van der Waals surface area contributed by atoms with Crippen LogP contribution >= 0.6 is 0 Å². The molecular weight excluding hydrogens is 344 g/mol. The van der Waals surface area contributed by atoms with E-state index in [4.69, 9.17) is 14.2 Å². The summed E-state index contributed by atoms with van der Waals surface area (Å²) >= 11 is 0. The molecule has 0 radical (unpaired) electrons. The lowest BCUT2D eigenvalue weighted by molar-refractivity contribution is 0.103. The number of rotatable bonds is 6. The Morgan fingerprint density at radius 2 is 1.59 bits per heavy atom. The molecule has 1 heterocycles. The summed E-state index contributed by atoms with van der Waals surface area (Å²) in [6, 6.07) is 9.39. The standard InChI is InChI=1S/C21H22N2O4/c1-13-6-7-14(2)17(8-13)23-12-16(11-22-23)20(24)15-9-18(25-3)21(27-5)19(10-15)26-4/h6-12H,1-5H3. The fourth-order valence-electron chi connectivity index (χ4n) is 2.92. The van der Waals surface area contributed by atoms with E-state index in [1.165, 1.54) is 21.3 Å². The summed E-state index contributed by atoms with van der Waals surface area (Å²) in [5, 5.41) is 4.36. The third-order valence-electron chi connectivity index (χ3n) is 4.38. The van der Waals surface area contributed by atoms with Gasteiger partial charge in [0.25, 0.3) is 0 Å². The number of aromatic nitrogens is 2. The second-order valence-electron chi connectivity index (χ2n) is 6.21. The molecule has 6 nitrogen and oxygen atoms in total. The molecule has 0 N–H and O–H groups in total. The van der Waals surface area contributed by atoms with Crippen molar-refractivity contribution in [1.29, 1.82) is 0 Å². The molecule has 3 rings (SSSR count). The van der Waals surface area contributed by atoms with E-state index in [2.05, 4.69) is 5.10 Å². The van der Waals surface area contributed by atoms with Crippen molar-refractivity contribution in [1.82, 2.24) is 9.78 Å². The van der Waals surface area contributed by atoms with Gasteiger partial charge < -0.3 is 14.2 Å². The van der Waals surface area contributed by atoms with Gasteiger partial charge in [-0.2, -0.15) is 5.10 Å². The molecule has 0 aliphatic carbocycles. The molecule has 27 heavy (non-hydrogen) atoms. The van der Waals surface area contributed by atoms with Crippen molar-refractivity contribution in [2.45, 2.75) is 13.8 Å². The van der Waals surface area contributed by atoms with Crippen LogP contribution in [-0.4, -0.2) is 36.9 Å².